The van der Waals surface area contributed by atoms with Crippen molar-refractivity contribution < 1.29 is 14.3 Å². The minimum Gasteiger partial charge on any atom is -0.488 e. The second-order valence-electron chi connectivity index (χ2n) is 8.29. The summed E-state index contributed by atoms with van der Waals surface area (Å²) in [5, 5.41) is 0.745. The van der Waals surface area contributed by atoms with Crippen molar-refractivity contribution in [3.63, 3.8) is 0 Å². The molecule has 0 saturated heterocycles. The van der Waals surface area contributed by atoms with E-state index in [1.165, 1.54) is 7.11 Å². The summed E-state index contributed by atoms with van der Waals surface area (Å²) in [6.45, 7) is 5.02. The lowest BCUT2D eigenvalue weighted by atomic mass is 10.1. The zero-order chi connectivity index (χ0) is 23.8. The number of rotatable bonds is 5. The van der Waals surface area contributed by atoms with E-state index >= 15 is 0 Å². The number of carbonyl (C=O) groups is 1. The molecule has 1 aliphatic heterocycles. The number of hydrogen-bond donors (Lipinski definition) is 0. The highest BCUT2D eigenvalue weighted by Gasteiger charge is 2.23. The lowest BCUT2D eigenvalue weighted by Gasteiger charge is -2.10. The molecule has 0 amide bonds. The van der Waals surface area contributed by atoms with E-state index in [1.54, 1.807) is 28.0 Å². The van der Waals surface area contributed by atoms with Gasteiger partial charge in [0, 0.05) is 17.0 Å². The number of aromatic nitrogens is 2. The molecule has 0 spiro atoms. The SMILES string of the molecule is COC(=O)c1ccc(COc2ccccc2/C=C2\CCn3c2nc2sc(C)c(C)c2c3=O)cc1. The number of para-hydroxylation sites is 1. The number of fused-ring (bicyclic) bond motifs is 2. The van der Waals surface area contributed by atoms with Crippen LogP contribution in [-0.2, 0) is 17.9 Å². The van der Waals surface area contributed by atoms with Crippen molar-refractivity contribution in [1.29, 1.82) is 0 Å². The number of aryl methyl sites for hydroxylation is 2. The summed E-state index contributed by atoms with van der Waals surface area (Å²) >= 11 is 1.57. The molecule has 1 aliphatic rings. The Hall–Kier alpha value is -3.71. The molecule has 7 heteroatoms. The van der Waals surface area contributed by atoms with Crippen molar-refractivity contribution in [2.75, 3.05) is 7.11 Å². The molecule has 172 valence electrons. The average Bonchev–Trinajstić information content (AvgIpc) is 3.38. The summed E-state index contributed by atoms with van der Waals surface area (Å²) in [7, 11) is 1.37. The fraction of sp³-hybridized carbons (Fsp3) is 0.222. The predicted molar refractivity (Wildman–Crippen MR) is 134 cm³/mol. The lowest BCUT2D eigenvalue weighted by molar-refractivity contribution is 0.0600. The molecule has 34 heavy (non-hydrogen) atoms. The minimum absolute atomic E-state index is 0.0465. The van der Waals surface area contributed by atoms with Crippen LogP contribution in [0.15, 0.2) is 53.3 Å². The standard InChI is InChI=1S/C27H24N2O4S/c1-16-17(2)34-25-23(16)26(30)29-13-12-21(24(29)28-25)14-20-6-4-5-7-22(20)33-15-18-8-10-19(11-9-18)27(31)32-3/h4-11,14H,12-13,15H2,1-3H3/b21-14+. The molecule has 0 unspecified atom stereocenters. The van der Waals surface area contributed by atoms with Crippen molar-refractivity contribution in [3.8, 4) is 5.75 Å². The summed E-state index contributed by atoms with van der Waals surface area (Å²) in [5.41, 5.74) is 4.49. The predicted octanol–water partition coefficient (Wildman–Crippen LogP) is 5.38. The quantitative estimate of drug-likeness (QED) is 0.365. The third-order valence-corrected chi connectivity index (χ3v) is 7.30. The molecule has 0 N–H and O–H groups in total. The maximum atomic E-state index is 13.1. The Morgan fingerprint density at radius 1 is 1.15 bits per heavy atom. The van der Waals surface area contributed by atoms with E-state index in [9.17, 15) is 9.59 Å². The molecule has 2 aromatic heterocycles. The van der Waals surface area contributed by atoms with Crippen LogP contribution in [0.2, 0.25) is 0 Å². The van der Waals surface area contributed by atoms with Gasteiger partial charge in [-0.3, -0.25) is 9.36 Å². The Morgan fingerprint density at radius 2 is 1.91 bits per heavy atom. The third-order valence-electron chi connectivity index (χ3n) is 6.20. The number of carbonyl (C=O) groups excluding carboxylic acids is 1. The normalized spacial score (nSPS) is 13.9. The minimum atomic E-state index is -0.362. The van der Waals surface area contributed by atoms with Crippen molar-refractivity contribution in [2.24, 2.45) is 0 Å². The molecule has 0 fully saturated rings. The molecule has 0 saturated carbocycles. The molecule has 0 atom stereocenters. The molecular weight excluding hydrogens is 448 g/mol. The number of benzene rings is 2. The Labute approximate surface area is 201 Å². The van der Waals surface area contributed by atoms with Gasteiger partial charge in [-0.15, -0.1) is 11.3 Å². The summed E-state index contributed by atoms with van der Waals surface area (Å²) in [6, 6.07) is 15.0. The van der Waals surface area contributed by atoms with Crippen LogP contribution in [0.3, 0.4) is 0 Å². The zero-order valence-corrected chi connectivity index (χ0v) is 20.1. The van der Waals surface area contributed by atoms with Gasteiger partial charge in [-0.2, -0.15) is 0 Å². The fourth-order valence-corrected chi connectivity index (χ4v) is 5.22. The number of esters is 1. The summed E-state index contributed by atoms with van der Waals surface area (Å²) in [5.74, 6) is 1.13. The highest BCUT2D eigenvalue weighted by molar-refractivity contribution is 7.18. The van der Waals surface area contributed by atoms with E-state index < -0.39 is 0 Å². The van der Waals surface area contributed by atoms with Gasteiger partial charge in [-0.1, -0.05) is 30.3 Å². The lowest BCUT2D eigenvalue weighted by Crippen LogP contribution is -2.20. The number of hydrogen-bond acceptors (Lipinski definition) is 6. The van der Waals surface area contributed by atoms with Gasteiger partial charge in [0.25, 0.3) is 5.56 Å². The Bertz CT molecular complexity index is 1500. The summed E-state index contributed by atoms with van der Waals surface area (Å²) < 4.78 is 12.6. The van der Waals surface area contributed by atoms with Crippen molar-refractivity contribution in [3.05, 3.63) is 91.8 Å². The van der Waals surface area contributed by atoms with Crippen LogP contribution in [-0.4, -0.2) is 22.6 Å². The highest BCUT2D eigenvalue weighted by atomic mass is 32.1. The molecular formula is C27H24N2O4S. The molecule has 5 rings (SSSR count). The average molecular weight is 473 g/mol. The van der Waals surface area contributed by atoms with Crippen LogP contribution in [0, 0.1) is 13.8 Å². The smallest absolute Gasteiger partial charge is 0.337 e. The monoisotopic (exact) mass is 472 g/mol. The molecule has 4 aromatic rings. The van der Waals surface area contributed by atoms with Crippen LogP contribution in [0.25, 0.3) is 21.9 Å². The Morgan fingerprint density at radius 3 is 2.68 bits per heavy atom. The first-order valence-electron chi connectivity index (χ1n) is 11.1. The van der Waals surface area contributed by atoms with Crippen LogP contribution in [0.1, 0.15) is 44.2 Å². The van der Waals surface area contributed by atoms with Crippen molar-refractivity contribution in [2.45, 2.75) is 33.4 Å². The van der Waals surface area contributed by atoms with E-state index in [4.69, 9.17) is 14.5 Å². The van der Waals surface area contributed by atoms with Gasteiger partial charge in [0.2, 0.25) is 0 Å². The third kappa shape index (κ3) is 3.92. The van der Waals surface area contributed by atoms with E-state index in [1.807, 2.05) is 50.2 Å². The van der Waals surface area contributed by atoms with Gasteiger partial charge in [0.1, 0.15) is 23.0 Å². The van der Waals surface area contributed by atoms with E-state index in [0.717, 1.165) is 55.4 Å². The number of methoxy groups -OCH3 is 1. The number of thiophene rings is 1. The summed E-state index contributed by atoms with van der Waals surface area (Å²) in [6.07, 6.45) is 2.82. The van der Waals surface area contributed by atoms with E-state index in [2.05, 4.69) is 6.08 Å². The Kier molecular flexibility index (Phi) is 5.79. The zero-order valence-electron chi connectivity index (χ0n) is 19.3. The first-order chi connectivity index (χ1) is 16.5. The van der Waals surface area contributed by atoms with Gasteiger partial charge >= 0.3 is 5.97 Å². The van der Waals surface area contributed by atoms with Gasteiger partial charge in [0.05, 0.1) is 18.1 Å². The van der Waals surface area contributed by atoms with Crippen molar-refractivity contribution >= 4 is 39.2 Å². The first-order valence-corrected chi connectivity index (χ1v) is 11.9. The van der Waals surface area contributed by atoms with Gasteiger partial charge in [-0.05, 0) is 61.2 Å². The molecule has 3 heterocycles. The summed E-state index contributed by atoms with van der Waals surface area (Å²) in [4.78, 5) is 31.5. The van der Waals surface area contributed by atoms with E-state index in [0.29, 0.717) is 18.7 Å². The number of ether oxygens (including phenoxy) is 2. The maximum Gasteiger partial charge on any atom is 0.337 e. The maximum absolute atomic E-state index is 13.1. The molecule has 0 radical (unpaired) electrons. The van der Waals surface area contributed by atoms with Crippen LogP contribution >= 0.6 is 11.3 Å². The molecule has 6 nitrogen and oxygen atoms in total. The topological polar surface area (TPSA) is 70.4 Å². The largest absolute Gasteiger partial charge is 0.488 e. The molecule has 0 aliphatic carbocycles. The highest BCUT2D eigenvalue weighted by Crippen LogP contribution is 2.33. The van der Waals surface area contributed by atoms with Crippen LogP contribution < -0.4 is 10.3 Å². The van der Waals surface area contributed by atoms with Gasteiger partial charge in [-0.25, -0.2) is 9.78 Å². The van der Waals surface area contributed by atoms with Crippen LogP contribution in [0.5, 0.6) is 5.75 Å². The van der Waals surface area contributed by atoms with Gasteiger partial charge < -0.3 is 9.47 Å². The fourth-order valence-electron chi connectivity index (χ4n) is 4.20. The number of allylic oxidation sites excluding steroid dienone is 1. The van der Waals surface area contributed by atoms with Crippen molar-refractivity contribution in [1.82, 2.24) is 9.55 Å². The molecule has 0 bridgehead atoms. The number of nitrogens with zero attached hydrogens (tertiary/aromatic N) is 2. The van der Waals surface area contributed by atoms with Crippen LogP contribution in [0.4, 0.5) is 0 Å². The second kappa shape index (κ2) is 8.91. The second-order valence-corrected chi connectivity index (χ2v) is 9.49. The van der Waals surface area contributed by atoms with E-state index in [-0.39, 0.29) is 11.5 Å². The van der Waals surface area contributed by atoms with Gasteiger partial charge in [0.15, 0.2) is 0 Å². The first kappa shape index (κ1) is 22.1. The Balaban J connectivity index is 1.43. The molecule has 2 aromatic carbocycles.